The van der Waals surface area contributed by atoms with Crippen LogP contribution in [0, 0.1) is 0 Å². The number of ether oxygens (including phenoxy) is 1. The summed E-state index contributed by atoms with van der Waals surface area (Å²) in [6.07, 6.45) is 0.619. The second-order valence-corrected chi connectivity index (χ2v) is 8.52. The number of carbonyl (C=O) groups excluding carboxylic acids is 1. The summed E-state index contributed by atoms with van der Waals surface area (Å²) < 4.78 is 5.36. The molecular weight excluding hydrogens is 418 g/mol. The quantitative estimate of drug-likeness (QED) is 0.465. The average Bonchev–Trinajstić information content (AvgIpc) is 3.33. The van der Waals surface area contributed by atoms with Crippen molar-refractivity contribution in [1.29, 1.82) is 0 Å². The molecule has 6 rings (SSSR count). The molecule has 3 aromatic carbocycles. The van der Waals surface area contributed by atoms with Crippen molar-refractivity contribution in [2.75, 3.05) is 12.0 Å². The van der Waals surface area contributed by atoms with Gasteiger partial charge in [-0.1, -0.05) is 48.5 Å². The fourth-order valence-electron chi connectivity index (χ4n) is 5.02. The van der Waals surface area contributed by atoms with E-state index in [1.807, 2.05) is 54.6 Å². The van der Waals surface area contributed by atoms with E-state index >= 15 is 0 Å². The minimum absolute atomic E-state index is 0.0237. The van der Waals surface area contributed by atoms with E-state index < -0.39 is 0 Å². The lowest BCUT2D eigenvalue weighted by molar-refractivity contribution is -0.120. The number of anilines is 1. The van der Waals surface area contributed by atoms with Gasteiger partial charge in [-0.05, 0) is 53.7 Å². The van der Waals surface area contributed by atoms with Gasteiger partial charge in [-0.3, -0.25) is 9.69 Å². The fraction of sp³-hybridized carbons (Fsp3) is 0.154. The normalized spacial score (nSPS) is 19.9. The molecule has 0 radical (unpaired) electrons. The first kappa shape index (κ1) is 19.1. The van der Waals surface area contributed by atoms with Crippen LogP contribution in [0.1, 0.15) is 22.9 Å². The molecule has 6 heteroatoms. The predicted octanol–water partition coefficient (Wildman–Crippen LogP) is 4.82. The van der Waals surface area contributed by atoms with E-state index in [0.717, 1.165) is 33.6 Å². The van der Waals surface area contributed by atoms with Gasteiger partial charge in [0.15, 0.2) is 5.11 Å². The molecule has 0 bridgehead atoms. The highest BCUT2D eigenvalue weighted by Crippen LogP contribution is 2.45. The number of rotatable bonds is 3. The van der Waals surface area contributed by atoms with Gasteiger partial charge in [0.1, 0.15) is 11.8 Å². The van der Waals surface area contributed by atoms with Crippen molar-refractivity contribution in [2.24, 2.45) is 0 Å². The Morgan fingerprint density at radius 1 is 0.969 bits per heavy atom. The summed E-state index contributed by atoms with van der Waals surface area (Å²) in [6.45, 7) is 0. The number of aromatic amines is 1. The third-order valence-corrected chi connectivity index (χ3v) is 6.89. The topological polar surface area (TPSA) is 48.6 Å². The van der Waals surface area contributed by atoms with Crippen LogP contribution < -0.4 is 9.64 Å². The van der Waals surface area contributed by atoms with E-state index in [0.29, 0.717) is 11.5 Å². The Morgan fingerprint density at radius 3 is 2.44 bits per heavy atom. The highest BCUT2D eigenvalue weighted by molar-refractivity contribution is 7.80. The minimum atomic E-state index is -0.346. The van der Waals surface area contributed by atoms with Gasteiger partial charge in [0, 0.05) is 23.0 Å². The van der Waals surface area contributed by atoms with Crippen LogP contribution >= 0.6 is 12.2 Å². The molecule has 3 heterocycles. The first-order valence-electron chi connectivity index (χ1n) is 10.6. The molecule has 2 aliphatic heterocycles. The first-order chi connectivity index (χ1) is 15.7. The van der Waals surface area contributed by atoms with E-state index in [2.05, 4.69) is 34.1 Å². The molecule has 5 nitrogen and oxygen atoms in total. The van der Waals surface area contributed by atoms with E-state index in [4.69, 9.17) is 17.0 Å². The van der Waals surface area contributed by atoms with Crippen LogP contribution in [0.4, 0.5) is 5.69 Å². The zero-order valence-corrected chi connectivity index (χ0v) is 18.3. The molecule has 1 saturated heterocycles. The molecule has 0 spiro atoms. The second-order valence-electron chi connectivity index (χ2n) is 8.16. The number of para-hydroxylation sites is 2. The molecule has 0 aliphatic carbocycles. The van der Waals surface area contributed by atoms with Crippen molar-refractivity contribution in [3.63, 3.8) is 0 Å². The van der Waals surface area contributed by atoms with Crippen molar-refractivity contribution in [2.45, 2.75) is 18.5 Å². The van der Waals surface area contributed by atoms with Crippen molar-refractivity contribution < 1.29 is 9.53 Å². The molecular formula is C26H21N3O2S. The SMILES string of the molecule is COc1ccc(C2c3[nH]c4ccccc4c3CC3C(=O)N(c4ccccc4)C(=S)N32)cc1. The van der Waals surface area contributed by atoms with E-state index in [-0.39, 0.29) is 18.0 Å². The Morgan fingerprint density at radius 2 is 1.69 bits per heavy atom. The number of nitrogens with zero attached hydrogens (tertiary/aromatic N) is 2. The standard InChI is InChI=1S/C26H21N3O2S/c1-31-18-13-11-16(12-14-18)24-23-20(19-9-5-6-10-21(19)27-23)15-22-25(30)28(26(32)29(22)24)17-7-3-2-4-8-17/h2-14,22,24,27H,15H2,1H3. The number of amides is 1. The number of aromatic nitrogens is 1. The van der Waals surface area contributed by atoms with E-state index in [1.165, 1.54) is 5.56 Å². The highest BCUT2D eigenvalue weighted by Gasteiger charge is 2.50. The predicted molar refractivity (Wildman–Crippen MR) is 129 cm³/mol. The maximum absolute atomic E-state index is 13.7. The number of methoxy groups -OCH3 is 1. The molecule has 1 amide bonds. The Labute approximate surface area is 191 Å². The molecule has 2 unspecified atom stereocenters. The number of carbonyl (C=O) groups is 1. The van der Waals surface area contributed by atoms with Crippen LogP contribution in [0.3, 0.4) is 0 Å². The number of H-pyrrole nitrogens is 1. The highest BCUT2D eigenvalue weighted by atomic mass is 32.1. The third-order valence-electron chi connectivity index (χ3n) is 6.50. The number of nitrogens with one attached hydrogen (secondary N) is 1. The van der Waals surface area contributed by atoms with Gasteiger partial charge < -0.3 is 14.6 Å². The number of thiocarbonyl (C=S) groups is 1. The van der Waals surface area contributed by atoms with Gasteiger partial charge in [0.25, 0.3) is 5.91 Å². The molecule has 2 atom stereocenters. The van der Waals surface area contributed by atoms with Gasteiger partial charge in [-0.25, -0.2) is 0 Å². The molecule has 2 aliphatic rings. The summed E-state index contributed by atoms with van der Waals surface area (Å²) in [5, 5.41) is 1.70. The Balaban J connectivity index is 1.54. The van der Waals surface area contributed by atoms with E-state index in [1.54, 1.807) is 12.0 Å². The summed E-state index contributed by atoms with van der Waals surface area (Å²) in [6, 6.07) is 25.4. The zero-order valence-electron chi connectivity index (χ0n) is 17.5. The van der Waals surface area contributed by atoms with Gasteiger partial charge in [0.2, 0.25) is 0 Å². The number of benzene rings is 3. The lowest BCUT2D eigenvalue weighted by atomic mass is 9.89. The van der Waals surface area contributed by atoms with Gasteiger partial charge in [0.05, 0.1) is 18.8 Å². The van der Waals surface area contributed by atoms with Gasteiger partial charge in [-0.2, -0.15) is 0 Å². The average molecular weight is 440 g/mol. The molecule has 32 heavy (non-hydrogen) atoms. The van der Waals surface area contributed by atoms with Crippen molar-refractivity contribution in [3.05, 3.63) is 95.7 Å². The van der Waals surface area contributed by atoms with Gasteiger partial charge in [-0.15, -0.1) is 0 Å². The Bertz CT molecular complexity index is 1350. The largest absolute Gasteiger partial charge is 0.497 e. The van der Waals surface area contributed by atoms with Crippen LogP contribution in [-0.2, 0) is 11.2 Å². The van der Waals surface area contributed by atoms with Gasteiger partial charge >= 0.3 is 0 Å². The minimum Gasteiger partial charge on any atom is -0.497 e. The van der Waals surface area contributed by atoms with Crippen molar-refractivity contribution >= 4 is 39.8 Å². The molecule has 1 aromatic heterocycles. The monoisotopic (exact) mass is 439 g/mol. The second kappa shape index (κ2) is 7.21. The fourth-order valence-corrected chi connectivity index (χ4v) is 5.45. The molecule has 1 fully saturated rings. The Kier molecular flexibility index (Phi) is 4.30. The smallest absolute Gasteiger partial charge is 0.256 e. The molecule has 158 valence electrons. The van der Waals surface area contributed by atoms with Crippen LogP contribution in [0.15, 0.2) is 78.9 Å². The summed E-state index contributed by atoms with van der Waals surface area (Å²) in [7, 11) is 1.66. The lowest BCUT2D eigenvalue weighted by Gasteiger charge is -2.37. The van der Waals surface area contributed by atoms with Crippen LogP contribution in [0.2, 0.25) is 0 Å². The molecule has 4 aromatic rings. The van der Waals surface area contributed by atoms with Crippen molar-refractivity contribution in [3.8, 4) is 5.75 Å². The summed E-state index contributed by atoms with van der Waals surface area (Å²) in [5.41, 5.74) is 5.23. The molecule has 1 N–H and O–H groups in total. The van der Waals surface area contributed by atoms with Crippen LogP contribution in [0.25, 0.3) is 10.9 Å². The summed E-state index contributed by atoms with van der Waals surface area (Å²) >= 11 is 5.93. The number of hydrogen-bond acceptors (Lipinski definition) is 3. The van der Waals surface area contributed by atoms with Crippen LogP contribution in [0.5, 0.6) is 5.75 Å². The zero-order chi connectivity index (χ0) is 21.8. The lowest BCUT2D eigenvalue weighted by Crippen LogP contribution is -2.44. The number of fused-ring (bicyclic) bond motifs is 4. The number of hydrogen-bond donors (Lipinski definition) is 1. The summed E-state index contributed by atoms with van der Waals surface area (Å²) in [4.78, 5) is 21.1. The third kappa shape index (κ3) is 2.69. The Hall–Kier alpha value is -3.64. The first-order valence-corrected chi connectivity index (χ1v) is 11.0. The van der Waals surface area contributed by atoms with E-state index in [9.17, 15) is 4.79 Å². The summed E-state index contributed by atoms with van der Waals surface area (Å²) in [5.74, 6) is 0.819. The van der Waals surface area contributed by atoms with Crippen LogP contribution in [-0.4, -0.2) is 34.1 Å². The van der Waals surface area contributed by atoms with Crippen molar-refractivity contribution in [1.82, 2.24) is 9.88 Å². The maximum Gasteiger partial charge on any atom is 0.256 e. The molecule has 0 saturated carbocycles. The maximum atomic E-state index is 13.7.